The Morgan fingerprint density at radius 1 is 0.969 bits per heavy atom. The molecule has 32 heavy (non-hydrogen) atoms. The van der Waals surface area contributed by atoms with E-state index in [9.17, 15) is 13.2 Å². The van der Waals surface area contributed by atoms with Gasteiger partial charge in [-0.2, -0.15) is 4.31 Å². The minimum atomic E-state index is -3.59. The molecule has 1 fully saturated rings. The Bertz CT molecular complexity index is 1110. The first-order valence-corrected chi connectivity index (χ1v) is 12.2. The molecule has 0 aromatic heterocycles. The van der Waals surface area contributed by atoms with Gasteiger partial charge in [0.2, 0.25) is 10.0 Å². The molecule has 2 heterocycles. The Morgan fingerprint density at radius 3 is 2.38 bits per heavy atom. The van der Waals surface area contributed by atoms with Gasteiger partial charge in [-0.25, -0.2) is 13.2 Å². The van der Waals surface area contributed by atoms with E-state index >= 15 is 0 Å². The van der Waals surface area contributed by atoms with Crippen LogP contribution < -0.4 is 14.8 Å². The summed E-state index contributed by atoms with van der Waals surface area (Å²) in [7, 11) is -3.59. The second kappa shape index (κ2) is 8.99. The maximum atomic E-state index is 13.1. The summed E-state index contributed by atoms with van der Waals surface area (Å²) in [5.74, 6) is 1.39. The predicted molar refractivity (Wildman–Crippen MR) is 121 cm³/mol. The number of urea groups is 1. The molecule has 4 rings (SSSR count). The van der Waals surface area contributed by atoms with Crippen molar-refractivity contribution in [3.05, 3.63) is 53.1 Å². The molecule has 2 aliphatic heterocycles. The molecule has 0 saturated carbocycles. The molecule has 2 aliphatic rings. The Kier molecular flexibility index (Phi) is 6.30. The van der Waals surface area contributed by atoms with E-state index in [0.29, 0.717) is 42.7 Å². The quantitative estimate of drug-likeness (QED) is 0.760. The molecule has 2 aromatic carbocycles. The van der Waals surface area contributed by atoms with E-state index in [0.717, 1.165) is 16.7 Å². The molecule has 2 amide bonds. The van der Waals surface area contributed by atoms with Crippen LogP contribution in [0.3, 0.4) is 0 Å². The molecular formula is C23H29N3O5S. The number of benzene rings is 2. The largest absolute Gasteiger partial charge is 0.486 e. The Balaban J connectivity index is 1.37. The number of ether oxygens (including phenoxy) is 2. The Labute approximate surface area is 189 Å². The van der Waals surface area contributed by atoms with Gasteiger partial charge in [0.05, 0.1) is 10.9 Å². The van der Waals surface area contributed by atoms with Gasteiger partial charge in [0.15, 0.2) is 11.5 Å². The summed E-state index contributed by atoms with van der Waals surface area (Å²) in [5, 5.41) is 3.00. The summed E-state index contributed by atoms with van der Waals surface area (Å²) in [5.41, 5.74) is 2.54. The highest BCUT2D eigenvalue weighted by atomic mass is 32.2. The second-order valence-electron chi connectivity index (χ2n) is 8.23. The molecule has 1 N–H and O–H groups in total. The number of amides is 2. The highest BCUT2D eigenvalue weighted by molar-refractivity contribution is 7.89. The van der Waals surface area contributed by atoms with Crippen LogP contribution in [0.1, 0.15) is 29.7 Å². The van der Waals surface area contributed by atoms with Gasteiger partial charge in [-0.05, 0) is 55.7 Å². The van der Waals surface area contributed by atoms with Crippen molar-refractivity contribution in [2.75, 3.05) is 39.4 Å². The standard InChI is InChI=1S/C23H29N3O5S/c1-16-4-5-17(2)22(14-16)32(28,29)26-10-8-25(9-11-26)23(27)24-18(3)19-6-7-20-21(15-19)31-13-12-30-20/h4-7,14-15,18H,8-13H2,1-3H3,(H,24,27)/t18-/m0/s1. The first-order chi connectivity index (χ1) is 15.3. The van der Waals surface area contributed by atoms with Crippen LogP contribution in [0, 0.1) is 13.8 Å². The van der Waals surface area contributed by atoms with Crippen LogP contribution in [0.4, 0.5) is 4.79 Å². The fourth-order valence-corrected chi connectivity index (χ4v) is 5.68. The number of fused-ring (bicyclic) bond motifs is 1. The summed E-state index contributed by atoms with van der Waals surface area (Å²) in [6, 6.07) is 10.6. The summed E-state index contributed by atoms with van der Waals surface area (Å²) in [4.78, 5) is 14.8. The van der Waals surface area contributed by atoms with Crippen molar-refractivity contribution in [3.8, 4) is 11.5 Å². The topological polar surface area (TPSA) is 88.2 Å². The SMILES string of the molecule is Cc1ccc(C)c(S(=O)(=O)N2CCN(C(=O)N[C@@H](C)c3ccc4c(c3)OCCO4)CC2)c1. The van der Waals surface area contributed by atoms with E-state index in [4.69, 9.17) is 9.47 Å². The maximum absolute atomic E-state index is 13.1. The van der Waals surface area contributed by atoms with Gasteiger partial charge in [-0.1, -0.05) is 18.2 Å². The number of nitrogens with one attached hydrogen (secondary N) is 1. The molecule has 0 spiro atoms. The molecule has 2 aromatic rings. The van der Waals surface area contributed by atoms with E-state index in [1.807, 2.05) is 44.2 Å². The number of rotatable bonds is 4. The van der Waals surface area contributed by atoms with Crippen molar-refractivity contribution in [2.24, 2.45) is 0 Å². The van der Waals surface area contributed by atoms with Crippen LogP contribution in [0.5, 0.6) is 11.5 Å². The van der Waals surface area contributed by atoms with Crippen LogP contribution in [0.2, 0.25) is 0 Å². The van der Waals surface area contributed by atoms with Gasteiger partial charge >= 0.3 is 6.03 Å². The molecule has 1 saturated heterocycles. The minimum absolute atomic E-state index is 0.212. The number of carbonyl (C=O) groups excluding carboxylic acids is 1. The van der Waals surface area contributed by atoms with Crippen molar-refractivity contribution in [1.29, 1.82) is 0 Å². The van der Waals surface area contributed by atoms with Gasteiger partial charge in [-0.3, -0.25) is 0 Å². The van der Waals surface area contributed by atoms with Crippen molar-refractivity contribution in [2.45, 2.75) is 31.7 Å². The van der Waals surface area contributed by atoms with Crippen LogP contribution in [-0.4, -0.2) is 63.0 Å². The third-order valence-electron chi connectivity index (χ3n) is 5.89. The van der Waals surface area contributed by atoms with Crippen LogP contribution in [-0.2, 0) is 10.0 Å². The molecule has 0 bridgehead atoms. The minimum Gasteiger partial charge on any atom is -0.486 e. The van der Waals surface area contributed by atoms with Gasteiger partial charge in [0.25, 0.3) is 0 Å². The molecule has 8 nitrogen and oxygen atoms in total. The maximum Gasteiger partial charge on any atom is 0.317 e. The van der Waals surface area contributed by atoms with E-state index in [-0.39, 0.29) is 25.2 Å². The number of piperazine rings is 1. The lowest BCUT2D eigenvalue weighted by molar-refractivity contribution is 0.168. The number of hydrogen-bond acceptors (Lipinski definition) is 5. The molecule has 9 heteroatoms. The predicted octanol–water partition coefficient (Wildman–Crippen LogP) is 2.85. The first kappa shape index (κ1) is 22.4. The lowest BCUT2D eigenvalue weighted by Crippen LogP contribution is -2.53. The van der Waals surface area contributed by atoms with Crippen molar-refractivity contribution in [3.63, 3.8) is 0 Å². The molecule has 0 radical (unpaired) electrons. The molecule has 1 atom stereocenters. The van der Waals surface area contributed by atoms with Crippen molar-refractivity contribution < 1.29 is 22.7 Å². The highest BCUT2D eigenvalue weighted by Crippen LogP contribution is 2.32. The number of carbonyl (C=O) groups is 1. The Hall–Kier alpha value is -2.78. The van der Waals surface area contributed by atoms with E-state index in [1.165, 1.54) is 4.31 Å². The monoisotopic (exact) mass is 459 g/mol. The molecule has 0 unspecified atom stereocenters. The highest BCUT2D eigenvalue weighted by Gasteiger charge is 2.31. The third kappa shape index (κ3) is 4.54. The summed E-state index contributed by atoms with van der Waals surface area (Å²) in [6.07, 6.45) is 0. The zero-order valence-corrected chi connectivity index (χ0v) is 19.4. The summed E-state index contributed by atoms with van der Waals surface area (Å²) < 4.78 is 38.8. The van der Waals surface area contributed by atoms with Crippen molar-refractivity contribution >= 4 is 16.1 Å². The molecular weight excluding hydrogens is 430 g/mol. The fourth-order valence-electron chi connectivity index (χ4n) is 3.94. The number of sulfonamides is 1. The van der Waals surface area contributed by atoms with Gasteiger partial charge < -0.3 is 19.7 Å². The first-order valence-electron chi connectivity index (χ1n) is 10.8. The normalized spacial score (nSPS) is 17.7. The van der Waals surface area contributed by atoms with Gasteiger partial charge in [0, 0.05) is 26.2 Å². The van der Waals surface area contributed by atoms with Gasteiger partial charge in [0.1, 0.15) is 13.2 Å². The van der Waals surface area contributed by atoms with Gasteiger partial charge in [-0.15, -0.1) is 0 Å². The second-order valence-corrected chi connectivity index (χ2v) is 10.1. The zero-order chi connectivity index (χ0) is 22.9. The lowest BCUT2D eigenvalue weighted by atomic mass is 10.1. The molecule has 172 valence electrons. The Morgan fingerprint density at radius 2 is 1.66 bits per heavy atom. The van der Waals surface area contributed by atoms with Crippen LogP contribution in [0.25, 0.3) is 0 Å². The van der Waals surface area contributed by atoms with E-state index in [1.54, 1.807) is 17.9 Å². The van der Waals surface area contributed by atoms with E-state index in [2.05, 4.69) is 5.32 Å². The van der Waals surface area contributed by atoms with Crippen LogP contribution in [0.15, 0.2) is 41.3 Å². The molecule has 0 aliphatic carbocycles. The number of aryl methyl sites for hydroxylation is 2. The fraction of sp³-hybridized carbons (Fsp3) is 0.435. The summed E-state index contributed by atoms with van der Waals surface area (Å²) >= 11 is 0. The van der Waals surface area contributed by atoms with Crippen LogP contribution >= 0.6 is 0 Å². The smallest absolute Gasteiger partial charge is 0.317 e. The average Bonchev–Trinajstić information content (AvgIpc) is 2.80. The van der Waals surface area contributed by atoms with E-state index < -0.39 is 10.0 Å². The number of nitrogens with zero attached hydrogens (tertiary/aromatic N) is 2. The third-order valence-corrected chi connectivity index (χ3v) is 7.93. The lowest BCUT2D eigenvalue weighted by Gasteiger charge is -2.35. The number of hydrogen-bond donors (Lipinski definition) is 1. The zero-order valence-electron chi connectivity index (χ0n) is 18.6. The average molecular weight is 460 g/mol. The summed E-state index contributed by atoms with van der Waals surface area (Å²) in [6.45, 7) is 7.83. The van der Waals surface area contributed by atoms with Crippen molar-refractivity contribution in [1.82, 2.24) is 14.5 Å².